The van der Waals surface area contributed by atoms with E-state index in [4.69, 9.17) is 5.11 Å². The Morgan fingerprint density at radius 2 is 1.83 bits per heavy atom. The molecule has 1 nitrogen and oxygen atoms in total. The van der Waals surface area contributed by atoms with Crippen molar-refractivity contribution in [1.29, 1.82) is 0 Å². The zero-order valence-electron chi connectivity index (χ0n) is 4.10. The summed E-state index contributed by atoms with van der Waals surface area (Å²) in [6.07, 6.45) is 0. The molecule has 6 heavy (non-hydrogen) atoms. The molecule has 0 bridgehead atoms. The van der Waals surface area contributed by atoms with Gasteiger partial charge < -0.3 is 5.11 Å². The SMILES string of the molecule is CC(C)(O)CS. The van der Waals surface area contributed by atoms with E-state index in [0.717, 1.165) is 0 Å². The van der Waals surface area contributed by atoms with E-state index in [1.165, 1.54) is 0 Å². The monoisotopic (exact) mass is 106 g/mol. The van der Waals surface area contributed by atoms with Crippen LogP contribution in [0.5, 0.6) is 0 Å². The third-order valence-corrected chi connectivity index (χ3v) is 1.16. The van der Waals surface area contributed by atoms with Crippen LogP contribution in [-0.2, 0) is 0 Å². The summed E-state index contributed by atoms with van der Waals surface area (Å²) in [5.74, 6) is 0.521. The van der Waals surface area contributed by atoms with Crippen molar-refractivity contribution in [2.45, 2.75) is 19.4 Å². The Kier molecular flexibility index (Phi) is 1.94. The van der Waals surface area contributed by atoms with Gasteiger partial charge in [0.2, 0.25) is 0 Å². The molecule has 0 saturated carbocycles. The predicted molar refractivity (Wildman–Crippen MR) is 30.2 cm³/mol. The Hall–Kier alpha value is 0.310. The Bertz CT molecular complexity index is 37.3. The van der Waals surface area contributed by atoms with Crippen molar-refractivity contribution >= 4 is 12.6 Å². The first kappa shape index (κ1) is 6.31. The van der Waals surface area contributed by atoms with Gasteiger partial charge in [0, 0.05) is 5.75 Å². The Balaban J connectivity index is 3.17. The number of hydrogen-bond acceptors (Lipinski definition) is 2. The maximum atomic E-state index is 8.75. The molecule has 0 spiro atoms. The summed E-state index contributed by atoms with van der Waals surface area (Å²) in [7, 11) is 0. The van der Waals surface area contributed by atoms with Crippen LogP contribution in [0.2, 0.25) is 0 Å². The molecule has 2 heteroatoms. The highest BCUT2D eigenvalue weighted by atomic mass is 32.1. The molecule has 0 aliphatic heterocycles. The fraction of sp³-hybridized carbons (Fsp3) is 1.00. The second-order valence-electron chi connectivity index (χ2n) is 1.97. The first-order chi connectivity index (χ1) is 2.56. The lowest BCUT2D eigenvalue weighted by Gasteiger charge is -2.10. The standard InChI is InChI=1S/C4H10OS/c1-4(2,5)3-6/h5-6H,3H2,1-2H3. The normalized spacial score (nSPS) is 12.0. The lowest BCUT2D eigenvalue weighted by atomic mass is 10.2. The minimum atomic E-state index is -0.594. The molecule has 0 rings (SSSR count). The van der Waals surface area contributed by atoms with Gasteiger partial charge in [0.05, 0.1) is 5.60 Å². The second kappa shape index (κ2) is 1.85. The first-order valence-electron chi connectivity index (χ1n) is 1.89. The van der Waals surface area contributed by atoms with Gasteiger partial charge in [-0.1, -0.05) is 0 Å². The molecule has 0 radical (unpaired) electrons. The zero-order chi connectivity index (χ0) is 5.21. The zero-order valence-corrected chi connectivity index (χ0v) is 5.00. The van der Waals surface area contributed by atoms with Crippen molar-refractivity contribution in [3.8, 4) is 0 Å². The maximum Gasteiger partial charge on any atom is 0.0679 e. The number of hydrogen-bond donors (Lipinski definition) is 2. The van der Waals surface area contributed by atoms with E-state index in [-0.39, 0.29) is 0 Å². The molecule has 0 atom stereocenters. The first-order valence-corrected chi connectivity index (χ1v) is 2.53. The molecule has 0 unspecified atom stereocenters. The highest BCUT2D eigenvalue weighted by Gasteiger charge is 2.06. The van der Waals surface area contributed by atoms with Crippen molar-refractivity contribution in [3.05, 3.63) is 0 Å². The average molecular weight is 106 g/mol. The summed E-state index contributed by atoms with van der Waals surface area (Å²) in [5.41, 5.74) is -0.594. The van der Waals surface area contributed by atoms with Crippen LogP contribution in [0.4, 0.5) is 0 Å². The second-order valence-corrected chi connectivity index (χ2v) is 2.29. The van der Waals surface area contributed by atoms with Gasteiger partial charge in [-0.15, -0.1) is 0 Å². The summed E-state index contributed by atoms with van der Waals surface area (Å²) in [6, 6.07) is 0. The van der Waals surface area contributed by atoms with E-state index in [0.29, 0.717) is 5.75 Å². The molecule has 38 valence electrons. The molecule has 0 heterocycles. The number of rotatable bonds is 1. The number of thiol groups is 1. The third-order valence-electron chi connectivity index (χ3n) is 0.387. The highest BCUT2D eigenvalue weighted by molar-refractivity contribution is 7.80. The van der Waals surface area contributed by atoms with Crippen molar-refractivity contribution < 1.29 is 5.11 Å². The van der Waals surface area contributed by atoms with Crippen LogP contribution in [0.15, 0.2) is 0 Å². The topological polar surface area (TPSA) is 20.2 Å². The molecule has 0 aromatic carbocycles. The third kappa shape index (κ3) is 4.31. The highest BCUT2D eigenvalue weighted by Crippen LogP contribution is 2.00. The fourth-order valence-corrected chi connectivity index (χ4v) is 0. The van der Waals surface area contributed by atoms with Crippen molar-refractivity contribution in [2.24, 2.45) is 0 Å². The van der Waals surface area contributed by atoms with E-state index < -0.39 is 5.60 Å². The van der Waals surface area contributed by atoms with E-state index in [9.17, 15) is 0 Å². The van der Waals surface area contributed by atoms with Gasteiger partial charge in [0.1, 0.15) is 0 Å². The van der Waals surface area contributed by atoms with Crippen molar-refractivity contribution in [3.63, 3.8) is 0 Å². The summed E-state index contributed by atoms with van der Waals surface area (Å²) in [6.45, 7) is 3.44. The smallest absolute Gasteiger partial charge is 0.0679 e. The van der Waals surface area contributed by atoms with Crippen LogP contribution in [-0.4, -0.2) is 16.5 Å². The van der Waals surface area contributed by atoms with Gasteiger partial charge in [-0.2, -0.15) is 12.6 Å². The Labute approximate surface area is 43.8 Å². The van der Waals surface area contributed by atoms with Crippen LogP contribution >= 0.6 is 12.6 Å². The Morgan fingerprint density at radius 1 is 1.67 bits per heavy atom. The largest absolute Gasteiger partial charge is 0.390 e. The Morgan fingerprint density at radius 3 is 1.83 bits per heavy atom. The molecule has 0 amide bonds. The van der Waals surface area contributed by atoms with E-state index in [1.807, 2.05) is 0 Å². The number of aliphatic hydroxyl groups is 1. The molecule has 0 saturated heterocycles. The minimum absolute atomic E-state index is 0.521. The van der Waals surface area contributed by atoms with E-state index in [1.54, 1.807) is 13.8 Å². The van der Waals surface area contributed by atoms with Gasteiger partial charge in [0.15, 0.2) is 0 Å². The van der Waals surface area contributed by atoms with Crippen molar-refractivity contribution in [2.75, 3.05) is 5.75 Å². The van der Waals surface area contributed by atoms with Crippen molar-refractivity contribution in [1.82, 2.24) is 0 Å². The van der Waals surface area contributed by atoms with Crippen LogP contribution in [0.1, 0.15) is 13.8 Å². The summed E-state index contributed by atoms with van der Waals surface area (Å²) in [5, 5.41) is 8.75. The summed E-state index contributed by atoms with van der Waals surface area (Å²) < 4.78 is 0. The summed E-state index contributed by atoms with van der Waals surface area (Å²) >= 11 is 3.85. The van der Waals surface area contributed by atoms with Crippen LogP contribution in [0.25, 0.3) is 0 Å². The quantitative estimate of drug-likeness (QED) is 0.471. The van der Waals surface area contributed by atoms with E-state index >= 15 is 0 Å². The maximum absolute atomic E-state index is 8.75. The lowest BCUT2D eigenvalue weighted by Crippen LogP contribution is -2.19. The fourth-order valence-electron chi connectivity index (χ4n) is 0. The molecular formula is C4H10OS. The molecule has 0 aromatic heterocycles. The predicted octanol–water partition coefficient (Wildman–Crippen LogP) is 0.687. The summed E-state index contributed by atoms with van der Waals surface area (Å²) in [4.78, 5) is 0. The molecule has 0 fully saturated rings. The van der Waals surface area contributed by atoms with Gasteiger partial charge in [-0.25, -0.2) is 0 Å². The van der Waals surface area contributed by atoms with Crippen LogP contribution in [0, 0.1) is 0 Å². The molecule has 0 aliphatic carbocycles. The average Bonchev–Trinajstić information content (AvgIpc) is 1.35. The van der Waals surface area contributed by atoms with Gasteiger partial charge in [0.25, 0.3) is 0 Å². The van der Waals surface area contributed by atoms with Crippen LogP contribution in [0.3, 0.4) is 0 Å². The van der Waals surface area contributed by atoms with Gasteiger partial charge in [-0.05, 0) is 13.8 Å². The van der Waals surface area contributed by atoms with Crippen LogP contribution < -0.4 is 0 Å². The molecule has 1 N–H and O–H groups in total. The van der Waals surface area contributed by atoms with E-state index in [2.05, 4.69) is 12.6 Å². The van der Waals surface area contributed by atoms with Gasteiger partial charge in [-0.3, -0.25) is 0 Å². The molecular weight excluding hydrogens is 96.1 g/mol. The molecule has 0 aromatic rings. The lowest BCUT2D eigenvalue weighted by molar-refractivity contribution is 0.107. The minimum Gasteiger partial charge on any atom is -0.390 e. The van der Waals surface area contributed by atoms with Gasteiger partial charge >= 0.3 is 0 Å². The molecule has 0 aliphatic rings.